The normalized spacial score (nSPS) is 20.2. The molecule has 2 heterocycles. The summed E-state index contributed by atoms with van der Waals surface area (Å²) >= 11 is 0. The van der Waals surface area contributed by atoms with E-state index in [-0.39, 0.29) is 5.97 Å². The molecule has 3 rings (SSSR count). The Kier molecular flexibility index (Phi) is 7.26. The van der Waals surface area contributed by atoms with Gasteiger partial charge in [0.2, 0.25) is 0 Å². The first kappa shape index (κ1) is 21.3. The fraction of sp³-hybridized carbons (Fsp3) is 0.500. The Labute approximate surface area is 174 Å². The van der Waals surface area contributed by atoms with Crippen molar-refractivity contribution in [1.29, 1.82) is 0 Å². The number of likely N-dealkylation sites (tertiary alicyclic amines) is 1. The molecule has 0 aliphatic carbocycles. The summed E-state index contributed by atoms with van der Waals surface area (Å²) in [5, 5.41) is 4.57. The number of aromatic nitrogens is 2. The molecule has 0 bridgehead atoms. The summed E-state index contributed by atoms with van der Waals surface area (Å²) in [6, 6.07) is 10.2. The molecule has 29 heavy (non-hydrogen) atoms. The van der Waals surface area contributed by atoms with Crippen LogP contribution in [-0.2, 0) is 22.6 Å². The summed E-state index contributed by atoms with van der Waals surface area (Å²) in [5.74, 6) is -0.0663. The molecule has 0 N–H and O–H groups in total. The number of hydrogen-bond acceptors (Lipinski definition) is 4. The van der Waals surface area contributed by atoms with E-state index in [9.17, 15) is 4.79 Å². The van der Waals surface area contributed by atoms with Gasteiger partial charge in [-0.25, -0.2) is 0 Å². The molecule has 5 nitrogen and oxygen atoms in total. The Balaban J connectivity index is 1.75. The zero-order chi connectivity index (χ0) is 20.7. The largest absolute Gasteiger partial charge is 0.466 e. The summed E-state index contributed by atoms with van der Waals surface area (Å²) in [5.41, 5.74) is 2.99. The zero-order valence-corrected chi connectivity index (χ0v) is 17.9. The van der Waals surface area contributed by atoms with Crippen molar-refractivity contribution in [3.63, 3.8) is 0 Å². The van der Waals surface area contributed by atoms with Gasteiger partial charge in [0.1, 0.15) is 0 Å². The quantitative estimate of drug-likeness (QED) is 0.619. The highest BCUT2D eigenvalue weighted by Crippen LogP contribution is 2.36. The number of nitrogens with zero attached hydrogens (tertiary/aromatic N) is 3. The second kappa shape index (κ2) is 9.88. The highest BCUT2D eigenvalue weighted by Gasteiger charge is 2.42. The molecule has 1 atom stereocenters. The molecule has 1 aromatic heterocycles. The number of piperidine rings is 1. The van der Waals surface area contributed by atoms with Crippen LogP contribution in [0.4, 0.5) is 0 Å². The van der Waals surface area contributed by atoms with Gasteiger partial charge in [-0.05, 0) is 52.1 Å². The lowest BCUT2D eigenvalue weighted by Gasteiger charge is -2.40. The van der Waals surface area contributed by atoms with Crippen LogP contribution in [0.1, 0.15) is 49.9 Å². The molecule has 1 aromatic carbocycles. The van der Waals surface area contributed by atoms with Crippen molar-refractivity contribution < 1.29 is 9.53 Å². The summed E-state index contributed by atoms with van der Waals surface area (Å²) in [6.45, 7) is 9.89. The average molecular weight is 396 g/mol. The second-order valence-corrected chi connectivity index (χ2v) is 7.93. The van der Waals surface area contributed by atoms with Gasteiger partial charge in [-0.1, -0.05) is 42.5 Å². The third kappa shape index (κ3) is 5.36. The van der Waals surface area contributed by atoms with Gasteiger partial charge in [-0.2, -0.15) is 5.10 Å². The van der Waals surface area contributed by atoms with Gasteiger partial charge in [-0.3, -0.25) is 14.4 Å². The average Bonchev–Trinajstić information content (AvgIpc) is 3.09. The number of rotatable bonds is 8. The first-order valence-electron chi connectivity index (χ1n) is 10.7. The van der Waals surface area contributed by atoms with Crippen LogP contribution >= 0.6 is 0 Å². The van der Waals surface area contributed by atoms with E-state index in [0.717, 1.165) is 50.3 Å². The van der Waals surface area contributed by atoms with Crippen LogP contribution in [0.2, 0.25) is 0 Å². The molecule has 1 saturated heterocycles. The molecule has 1 aliphatic heterocycles. The number of ether oxygens (including phenoxy) is 1. The van der Waals surface area contributed by atoms with Gasteiger partial charge in [0.25, 0.3) is 0 Å². The van der Waals surface area contributed by atoms with Crippen LogP contribution < -0.4 is 0 Å². The van der Waals surface area contributed by atoms with Crippen molar-refractivity contribution >= 4 is 12.0 Å². The summed E-state index contributed by atoms with van der Waals surface area (Å²) in [4.78, 5) is 15.4. The minimum Gasteiger partial charge on any atom is -0.466 e. The molecular weight excluding hydrogens is 362 g/mol. The van der Waals surface area contributed by atoms with E-state index in [4.69, 9.17) is 4.74 Å². The van der Waals surface area contributed by atoms with Gasteiger partial charge in [0.15, 0.2) is 0 Å². The van der Waals surface area contributed by atoms with Crippen molar-refractivity contribution in [2.75, 3.05) is 19.7 Å². The third-order valence-corrected chi connectivity index (χ3v) is 5.75. The van der Waals surface area contributed by atoms with Crippen molar-refractivity contribution in [2.45, 2.75) is 53.1 Å². The van der Waals surface area contributed by atoms with Gasteiger partial charge in [0.05, 0.1) is 17.7 Å². The number of carbonyl (C=O) groups excluding carboxylic acids is 1. The SMILES string of the molecule is CCOC(=O)[C@@]1(C/C=C/c2ccccc2)CCCN(Cc2cn(CC)nc2C)C1. The van der Waals surface area contributed by atoms with Gasteiger partial charge in [0, 0.05) is 31.4 Å². The summed E-state index contributed by atoms with van der Waals surface area (Å²) in [7, 11) is 0. The lowest BCUT2D eigenvalue weighted by atomic mass is 9.76. The number of benzene rings is 1. The topological polar surface area (TPSA) is 47.4 Å². The van der Waals surface area contributed by atoms with E-state index in [2.05, 4.69) is 54.3 Å². The zero-order valence-electron chi connectivity index (χ0n) is 17.9. The van der Waals surface area contributed by atoms with Gasteiger partial charge >= 0.3 is 5.97 Å². The maximum Gasteiger partial charge on any atom is 0.313 e. The van der Waals surface area contributed by atoms with Crippen LogP contribution in [0, 0.1) is 12.3 Å². The first-order valence-corrected chi connectivity index (χ1v) is 10.7. The molecule has 0 radical (unpaired) electrons. The molecular formula is C24H33N3O2. The van der Waals surface area contributed by atoms with Crippen molar-refractivity contribution in [3.05, 3.63) is 59.4 Å². The van der Waals surface area contributed by atoms with Crippen molar-refractivity contribution in [2.24, 2.45) is 5.41 Å². The van der Waals surface area contributed by atoms with Crippen LogP contribution in [0.5, 0.6) is 0 Å². The molecule has 1 fully saturated rings. The third-order valence-electron chi connectivity index (χ3n) is 5.75. The maximum atomic E-state index is 13.0. The van der Waals surface area contributed by atoms with Crippen molar-refractivity contribution in [1.82, 2.24) is 14.7 Å². The Morgan fingerprint density at radius 3 is 2.76 bits per heavy atom. The molecule has 156 valence electrons. The molecule has 0 spiro atoms. The molecule has 5 heteroatoms. The van der Waals surface area contributed by atoms with Crippen LogP contribution in [0.15, 0.2) is 42.6 Å². The van der Waals surface area contributed by atoms with E-state index >= 15 is 0 Å². The Morgan fingerprint density at radius 2 is 2.07 bits per heavy atom. The molecule has 0 saturated carbocycles. The van der Waals surface area contributed by atoms with Gasteiger partial charge < -0.3 is 4.74 Å². The van der Waals surface area contributed by atoms with Crippen LogP contribution in [0.25, 0.3) is 6.08 Å². The van der Waals surface area contributed by atoms with E-state index in [1.54, 1.807) is 0 Å². The minimum atomic E-state index is -0.478. The lowest BCUT2D eigenvalue weighted by molar-refractivity contribution is -0.159. The van der Waals surface area contributed by atoms with Crippen LogP contribution in [-0.4, -0.2) is 40.3 Å². The first-order chi connectivity index (χ1) is 14.1. The molecule has 1 aliphatic rings. The van der Waals surface area contributed by atoms with E-state index in [1.807, 2.05) is 29.8 Å². The highest BCUT2D eigenvalue weighted by molar-refractivity contribution is 5.77. The molecule has 0 amide bonds. The van der Waals surface area contributed by atoms with Gasteiger partial charge in [-0.15, -0.1) is 0 Å². The fourth-order valence-corrected chi connectivity index (χ4v) is 4.16. The lowest BCUT2D eigenvalue weighted by Crippen LogP contribution is -2.48. The standard InChI is InChI=1S/C24H33N3O2/c1-4-27-18-22(20(3)25-27)17-26-16-10-15-24(19-26,23(28)29-5-2)14-9-13-21-11-7-6-8-12-21/h6-9,11-13,18H,4-5,10,14-17,19H2,1-3H3/b13-9+/t24-/m0/s1. The summed E-state index contributed by atoms with van der Waals surface area (Å²) < 4.78 is 7.50. The number of hydrogen-bond donors (Lipinski definition) is 0. The predicted octanol–water partition coefficient (Wildman–Crippen LogP) is 4.46. The van der Waals surface area contributed by atoms with Crippen LogP contribution in [0.3, 0.4) is 0 Å². The number of allylic oxidation sites excluding steroid dienone is 1. The van der Waals surface area contributed by atoms with E-state index in [0.29, 0.717) is 13.0 Å². The Bertz CT molecular complexity index is 828. The Hall–Kier alpha value is -2.40. The fourth-order valence-electron chi connectivity index (χ4n) is 4.16. The summed E-state index contributed by atoms with van der Waals surface area (Å²) in [6.07, 6.45) is 8.94. The van der Waals surface area contributed by atoms with Crippen molar-refractivity contribution in [3.8, 4) is 0 Å². The minimum absolute atomic E-state index is 0.0663. The smallest absolute Gasteiger partial charge is 0.313 e. The molecule has 0 unspecified atom stereocenters. The number of aryl methyl sites for hydroxylation is 2. The predicted molar refractivity (Wildman–Crippen MR) is 116 cm³/mol. The van der Waals surface area contributed by atoms with E-state index < -0.39 is 5.41 Å². The number of carbonyl (C=O) groups is 1. The monoisotopic (exact) mass is 395 g/mol. The highest BCUT2D eigenvalue weighted by atomic mass is 16.5. The van der Waals surface area contributed by atoms with E-state index in [1.165, 1.54) is 5.56 Å². The number of esters is 1. The second-order valence-electron chi connectivity index (χ2n) is 7.93. The Morgan fingerprint density at radius 1 is 1.28 bits per heavy atom. The molecule has 2 aromatic rings. The maximum absolute atomic E-state index is 13.0.